The first-order valence-electron chi connectivity index (χ1n) is 7.57. The largest absolute Gasteiger partial charge is 0.294 e. The molecule has 0 N–H and O–H groups in total. The average molecular weight is 252 g/mol. The molecule has 0 aromatic heterocycles. The Morgan fingerprint density at radius 1 is 1.37 bits per heavy atom. The molecule has 4 rings (SSSR count). The third-order valence-corrected chi connectivity index (χ3v) is 5.65. The van der Waals surface area contributed by atoms with E-state index in [0.717, 1.165) is 30.7 Å². The lowest BCUT2D eigenvalue weighted by atomic mass is 9.62. The topological polar surface area (TPSA) is 17.1 Å². The zero-order chi connectivity index (χ0) is 13.0. The zero-order valence-corrected chi connectivity index (χ0v) is 11.5. The molecule has 1 fully saturated rings. The highest BCUT2D eigenvalue weighted by Crippen LogP contribution is 2.58. The normalized spacial score (nSPS) is 31.7. The minimum absolute atomic E-state index is 0.304. The van der Waals surface area contributed by atoms with Gasteiger partial charge < -0.3 is 0 Å². The molecule has 1 aromatic carbocycles. The van der Waals surface area contributed by atoms with E-state index in [1.807, 2.05) is 0 Å². The number of ketones is 1. The van der Waals surface area contributed by atoms with Gasteiger partial charge in [-0.15, -0.1) is 0 Å². The fourth-order valence-corrected chi connectivity index (χ4v) is 4.59. The maximum absolute atomic E-state index is 12.2. The van der Waals surface area contributed by atoms with Crippen LogP contribution in [0.25, 0.3) is 0 Å². The third kappa shape index (κ3) is 1.45. The summed E-state index contributed by atoms with van der Waals surface area (Å²) >= 11 is 0. The van der Waals surface area contributed by atoms with Crippen molar-refractivity contribution in [3.8, 4) is 0 Å². The lowest BCUT2D eigenvalue weighted by molar-refractivity contribution is 0.0939. The summed E-state index contributed by atoms with van der Waals surface area (Å²) in [7, 11) is 0. The van der Waals surface area contributed by atoms with Crippen LogP contribution < -0.4 is 0 Å². The van der Waals surface area contributed by atoms with Gasteiger partial charge in [0.2, 0.25) is 0 Å². The van der Waals surface area contributed by atoms with Crippen LogP contribution in [0.1, 0.15) is 60.5 Å². The second kappa shape index (κ2) is 3.82. The van der Waals surface area contributed by atoms with E-state index >= 15 is 0 Å². The average Bonchev–Trinajstić information content (AvgIpc) is 3.04. The summed E-state index contributed by atoms with van der Waals surface area (Å²) < 4.78 is 0. The molecule has 1 spiro atoms. The van der Waals surface area contributed by atoms with Gasteiger partial charge in [0, 0.05) is 17.4 Å². The molecule has 2 bridgehead atoms. The summed E-state index contributed by atoms with van der Waals surface area (Å²) in [6.07, 6.45) is 9.06. The summed E-state index contributed by atoms with van der Waals surface area (Å²) in [6, 6.07) is 6.58. The van der Waals surface area contributed by atoms with Gasteiger partial charge in [0.25, 0.3) is 0 Å². The van der Waals surface area contributed by atoms with E-state index in [1.165, 1.54) is 30.4 Å². The van der Waals surface area contributed by atoms with Crippen molar-refractivity contribution in [2.75, 3.05) is 0 Å². The molecule has 1 aromatic rings. The number of Topliss-reactive ketones (excluding diaryl/α,β-unsaturated/α-hetero) is 1. The number of hydrogen-bond acceptors (Lipinski definition) is 1. The van der Waals surface area contributed by atoms with Gasteiger partial charge in [-0.3, -0.25) is 4.79 Å². The van der Waals surface area contributed by atoms with E-state index in [2.05, 4.69) is 31.2 Å². The number of allylic oxidation sites excluding steroid dienone is 2. The number of rotatable bonds is 1. The molecule has 0 heterocycles. The first-order chi connectivity index (χ1) is 9.23. The molecule has 0 aliphatic heterocycles. The first kappa shape index (κ1) is 11.5. The fourth-order valence-electron chi connectivity index (χ4n) is 4.59. The molecule has 3 aliphatic rings. The van der Waals surface area contributed by atoms with Crippen LogP contribution in [-0.4, -0.2) is 5.78 Å². The first-order valence-corrected chi connectivity index (χ1v) is 7.57. The predicted octanol–water partition coefficient (Wildman–Crippen LogP) is 4.20. The Balaban J connectivity index is 1.91. The Morgan fingerprint density at radius 3 is 2.95 bits per heavy atom. The number of fused-ring (bicyclic) bond motifs is 5. The lowest BCUT2D eigenvalue weighted by Crippen LogP contribution is -2.37. The van der Waals surface area contributed by atoms with E-state index in [4.69, 9.17) is 0 Å². The molecule has 19 heavy (non-hydrogen) atoms. The summed E-state index contributed by atoms with van der Waals surface area (Å²) in [5.41, 5.74) is 5.74. The molecule has 98 valence electrons. The fraction of sp³-hybridized carbons (Fsp3) is 0.500. The molecule has 1 saturated carbocycles. The Labute approximate surface area is 114 Å². The summed E-state index contributed by atoms with van der Waals surface area (Å²) in [5, 5.41) is 0. The summed E-state index contributed by atoms with van der Waals surface area (Å²) in [4.78, 5) is 12.2. The number of aryl methyl sites for hydroxylation is 1. The minimum Gasteiger partial charge on any atom is -0.294 e. The molecule has 0 amide bonds. The smallest absolute Gasteiger partial charge is 0.163 e. The highest BCUT2D eigenvalue weighted by Gasteiger charge is 2.51. The van der Waals surface area contributed by atoms with Crippen LogP contribution in [0, 0.1) is 5.92 Å². The number of hydrogen-bond donors (Lipinski definition) is 0. The highest BCUT2D eigenvalue weighted by atomic mass is 16.1. The van der Waals surface area contributed by atoms with E-state index in [0.29, 0.717) is 11.2 Å². The SMILES string of the molecule is CCc1ccc2c(c1)C1(CCC2=O)CC2=CCC1C2. The number of carbonyl (C=O) groups excluding carboxylic acids is 1. The molecule has 3 aliphatic carbocycles. The third-order valence-electron chi connectivity index (χ3n) is 5.65. The van der Waals surface area contributed by atoms with Crippen molar-refractivity contribution in [1.29, 1.82) is 0 Å². The van der Waals surface area contributed by atoms with Crippen molar-refractivity contribution in [2.45, 2.75) is 50.9 Å². The quantitative estimate of drug-likeness (QED) is 0.684. The number of benzene rings is 1. The van der Waals surface area contributed by atoms with Crippen LogP contribution in [0.4, 0.5) is 0 Å². The van der Waals surface area contributed by atoms with Crippen LogP contribution in [0.5, 0.6) is 0 Å². The van der Waals surface area contributed by atoms with E-state index in [-0.39, 0.29) is 0 Å². The lowest BCUT2D eigenvalue weighted by Gasteiger charge is -2.41. The summed E-state index contributed by atoms with van der Waals surface area (Å²) in [5.74, 6) is 1.13. The molecule has 1 nitrogen and oxygen atoms in total. The maximum Gasteiger partial charge on any atom is 0.163 e. The molecule has 0 radical (unpaired) electrons. The monoisotopic (exact) mass is 252 g/mol. The second-order valence-corrected chi connectivity index (χ2v) is 6.49. The van der Waals surface area contributed by atoms with Crippen LogP contribution in [0.2, 0.25) is 0 Å². The van der Waals surface area contributed by atoms with Crippen molar-refractivity contribution >= 4 is 5.78 Å². The molecule has 1 heteroatoms. The highest BCUT2D eigenvalue weighted by molar-refractivity contribution is 5.99. The predicted molar refractivity (Wildman–Crippen MR) is 76.5 cm³/mol. The van der Waals surface area contributed by atoms with Crippen molar-refractivity contribution < 1.29 is 4.79 Å². The van der Waals surface area contributed by atoms with Gasteiger partial charge in [-0.05, 0) is 49.1 Å². The van der Waals surface area contributed by atoms with E-state index < -0.39 is 0 Å². The minimum atomic E-state index is 0.304. The van der Waals surface area contributed by atoms with E-state index in [9.17, 15) is 4.79 Å². The molecule has 2 atom stereocenters. The van der Waals surface area contributed by atoms with Crippen LogP contribution in [0.3, 0.4) is 0 Å². The molecule has 0 saturated heterocycles. The van der Waals surface area contributed by atoms with Crippen molar-refractivity contribution in [3.05, 3.63) is 46.5 Å². The van der Waals surface area contributed by atoms with Gasteiger partial charge >= 0.3 is 0 Å². The van der Waals surface area contributed by atoms with E-state index in [1.54, 1.807) is 5.57 Å². The molecule has 2 unspecified atom stereocenters. The molecular formula is C18H20O. The van der Waals surface area contributed by atoms with Gasteiger partial charge in [-0.25, -0.2) is 0 Å². The standard InChI is InChI=1S/C18H20O/c1-2-12-4-6-15-16(10-12)18(8-7-17(15)19)11-13-3-5-14(18)9-13/h3-4,6,10,14H,2,5,7-9,11H2,1H3. The van der Waals surface area contributed by atoms with Gasteiger partial charge in [0.1, 0.15) is 0 Å². The van der Waals surface area contributed by atoms with Crippen LogP contribution in [0.15, 0.2) is 29.8 Å². The molecular weight excluding hydrogens is 232 g/mol. The van der Waals surface area contributed by atoms with Crippen molar-refractivity contribution in [1.82, 2.24) is 0 Å². The van der Waals surface area contributed by atoms with Crippen molar-refractivity contribution in [3.63, 3.8) is 0 Å². The Bertz CT molecular complexity index is 596. The van der Waals surface area contributed by atoms with Crippen LogP contribution in [-0.2, 0) is 11.8 Å². The Hall–Kier alpha value is -1.37. The maximum atomic E-state index is 12.2. The van der Waals surface area contributed by atoms with Gasteiger partial charge in [0.05, 0.1) is 0 Å². The Morgan fingerprint density at radius 2 is 2.26 bits per heavy atom. The number of carbonyl (C=O) groups is 1. The summed E-state index contributed by atoms with van der Waals surface area (Å²) in [6.45, 7) is 2.20. The van der Waals surface area contributed by atoms with Crippen LogP contribution >= 0.6 is 0 Å². The van der Waals surface area contributed by atoms with Gasteiger partial charge in [0.15, 0.2) is 5.78 Å². The Kier molecular flexibility index (Phi) is 2.30. The second-order valence-electron chi connectivity index (χ2n) is 6.49. The van der Waals surface area contributed by atoms with Crippen molar-refractivity contribution in [2.24, 2.45) is 5.92 Å². The zero-order valence-electron chi connectivity index (χ0n) is 11.5. The van der Waals surface area contributed by atoms with Gasteiger partial charge in [-0.2, -0.15) is 0 Å². The van der Waals surface area contributed by atoms with Gasteiger partial charge in [-0.1, -0.05) is 36.8 Å².